The van der Waals surface area contributed by atoms with Crippen molar-refractivity contribution in [1.29, 1.82) is 0 Å². The molecule has 0 radical (unpaired) electrons. The number of nitrogens with two attached hydrogens (primary N) is 1. The van der Waals surface area contributed by atoms with Gasteiger partial charge in [0, 0.05) is 28.7 Å². The second-order valence-electron chi connectivity index (χ2n) is 4.20. The van der Waals surface area contributed by atoms with Gasteiger partial charge in [-0.2, -0.15) is 0 Å². The maximum Gasteiger partial charge on any atom is 0.274 e. The third kappa shape index (κ3) is 2.30. The molecule has 90 valence electrons. The largest absolute Gasteiger partial charge is 0.361 e. The van der Waals surface area contributed by atoms with Gasteiger partial charge >= 0.3 is 0 Å². The molecule has 0 aliphatic heterocycles. The fourth-order valence-electron chi connectivity index (χ4n) is 1.90. The number of H-pyrrole nitrogens is 1. The van der Waals surface area contributed by atoms with Crippen molar-refractivity contribution in [3.05, 3.63) is 35.5 Å². The number of nitrogens with one attached hydrogen (secondary N) is 2. The fourth-order valence-corrected chi connectivity index (χ4v) is 1.90. The maximum absolute atomic E-state index is 11.3. The molecule has 1 amide bonds. The molecule has 1 atom stereocenters. The van der Waals surface area contributed by atoms with Crippen LogP contribution >= 0.6 is 0 Å². The summed E-state index contributed by atoms with van der Waals surface area (Å²) in [4.78, 5) is 14.4. The number of hydroxylamine groups is 1. The van der Waals surface area contributed by atoms with Crippen LogP contribution in [0.1, 0.15) is 22.8 Å². The zero-order valence-electron chi connectivity index (χ0n) is 9.53. The van der Waals surface area contributed by atoms with E-state index in [4.69, 9.17) is 10.9 Å². The Morgan fingerprint density at radius 1 is 1.59 bits per heavy atom. The van der Waals surface area contributed by atoms with Gasteiger partial charge in [-0.1, -0.05) is 0 Å². The predicted octanol–water partition coefficient (Wildman–Crippen LogP) is 1.18. The molecule has 17 heavy (non-hydrogen) atoms. The lowest BCUT2D eigenvalue weighted by Crippen LogP contribution is -2.19. The van der Waals surface area contributed by atoms with Gasteiger partial charge in [0.15, 0.2) is 0 Å². The van der Waals surface area contributed by atoms with Crippen LogP contribution in [0, 0.1) is 0 Å². The van der Waals surface area contributed by atoms with Crippen molar-refractivity contribution in [2.24, 2.45) is 5.73 Å². The summed E-state index contributed by atoms with van der Waals surface area (Å²) in [7, 11) is 0. The van der Waals surface area contributed by atoms with Crippen molar-refractivity contribution in [3.63, 3.8) is 0 Å². The number of rotatable bonds is 3. The maximum atomic E-state index is 11.3. The van der Waals surface area contributed by atoms with Crippen LogP contribution in [0.5, 0.6) is 0 Å². The van der Waals surface area contributed by atoms with E-state index in [1.165, 1.54) is 0 Å². The minimum Gasteiger partial charge on any atom is -0.361 e. The highest BCUT2D eigenvalue weighted by Gasteiger charge is 2.09. The van der Waals surface area contributed by atoms with Crippen molar-refractivity contribution < 1.29 is 10.0 Å². The first kappa shape index (κ1) is 11.6. The van der Waals surface area contributed by atoms with Crippen LogP contribution in [-0.2, 0) is 6.42 Å². The average Bonchev–Trinajstić information content (AvgIpc) is 2.70. The molecule has 5 N–H and O–H groups in total. The molecule has 0 fully saturated rings. The van der Waals surface area contributed by atoms with E-state index in [0.717, 1.165) is 22.9 Å². The summed E-state index contributed by atoms with van der Waals surface area (Å²) in [5, 5.41) is 9.56. The summed E-state index contributed by atoms with van der Waals surface area (Å²) in [5.41, 5.74) is 9.84. The van der Waals surface area contributed by atoms with Gasteiger partial charge in [0.05, 0.1) is 0 Å². The highest BCUT2D eigenvalue weighted by atomic mass is 16.5. The Morgan fingerprint density at radius 3 is 3.00 bits per heavy atom. The predicted molar refractivity (Wildman–Crippen MR) is 64.9 cm³/mol. The molecule has 0 aliphatic rings. The molecule has 2 aromatic rings. The zero-order chi connectivity index (χ0) is 12.4. The summed E-state index contributed by atoms with van der Waals surface area (Å²) in [5.74, 6) is -0.514. The van der Waals surface area contributed by atoms with E-state index in [0.29, 0.717) is 5.56 Å². The van der Waals surface area contributed by atoms with Crippen molar-refractivity contribution in [3.8, 4) is 0 Å². The number of hydrogen-bond donors (Lipinski definition) is 4. The Morgan fingerprint density at radius 2 is 2.35 bits per heavy atom. The number of benzene rings is 1. The number of fused-ring (bicyclic) bond motifs is 1. The first-order chi connectivity index (χ1) is 8.11. The third-order valence-electron chi connectivity index (χ3n) is 2.67. The van der Waals surface area contributed by atoms with Gasteiger partial charge in [-0.25, -0.2) is 5.48 Å². The van der Waals surface area contributed by atoms with E-state index in [-0.39, 0.29) is 6.04 Å². The monoisotopic (exact) mass is 233 g/mol. The van der Waals surface area contributed by atoms with Gasteiger partial charge in [-0.05, 0) is 37.1 Å². The van der Waals surface area contributed by atoms with E-state index in [1.54, 1.807) is 17.6 Å². The SMILES string of the molecule is C[C@@H](N)Cc1c[nH]c2ccc(C(=O)NO)cc12. The highest BCUT2D eigenvalue weighted by Crippen LogP contribution is 2.20. The van der Waals surface area contributed by atoms with Crippen molar-refractivity contribution in [1.82, 2.24) is 10.5 Å². The lowest BCUT2D eigenvalue weighted by atomic mass is 10.0. The van der Waals surface area contributed by atoms with Crippen LogP contribution in [-0.4, -0.2) is 22.1 Å². The Balaban J connectivity index is 2.46. The second kappa shape index (κ2) is 4.57. The first-order valence-electron chi connectivity index (χ1n) is 5.42. The molecule has 0 saturated carbocycles. The van der Waals surface area contributed by atoms with E-state index in [1.807, 2.05) is 19.2 Å². The third-order valence-corrected chi connectivity index (χ3v) is 2.67. The van der Waals surface area contributed by atoms with Gasteiger partial charge in [0.2, 0.25) is 0 Å². The standard InChI is InChI=1S/C12H15N3O2/c1-7(13)4-9-6-14-11-3-2-8(5-10(9)11)12(16)15-17/h2-3,5-7,14,17H,4,13H2,1H3,(H,15,16)/t7-/m1/s1. The molecule has 5 heteroatoms. The number of carbonyl (C=O) groups is 1. The lowest BCUT2D eigenvalue weighted by Gasteiger charge is -2.04. The minimum atomic E-state index is -0.514. The van der Waals surface area contributed by atoms with Crippen molar-refractivity contribution >= 4 is 16.8 Å². The van der Waals surface area contributed by atoms with Crippen molar-refractivity contribution in [2.45, 2.75) is 19.4 Å². The summed E-state index contributed by atoms with van der Waals surface area (Å²) in [6.45, 7) is 1.93. The Bertz CT molecular complexity index is 546. The molecule has 0 aliphatic carbocycles. The van der Waals surface area contributed by atoms with Crippen LogP contribution in [0.15, 0.2) is 24.4 Å². The molecule has 1 heterocycles. The van der Waals surface area contributed by atoms with Crippen LogP contribution in [0.2, 0.25) is 0 Å². The van der Waals surface area contributed by atoms with Gasteiger partial charge < -0.3 is 10.7 Å². The Kier molecular flexibility index (Phi) is 3.12. The molecular formula is C12H15N3O2. The molecule has 0 unspecified atom stereocenters. The van der Waals surface area contributed by atoms with Gasteiger partial charge in [-0.3, -0.25) is 10.0 Å². The molecule has 1 aromatic heterocycles. The number of carbonyl (C=O) groups excluding carboxylic acids is 1. The minimum absolute atomic E-state index is 0.0596. The van der Waals surface area contributed by atoms with Crippen LogP contribution in [0.4, 0.5) is 0 Å². The summed E-state index contributed by atoms with van der Waals surface area (Å²) in [6.07, 6.45) is 2.64. The molecule has 2 rings (SSSR count). The Labute approximate surface area is 98.6 Å². The van der Waals surface area contributed by atoms with Crippen LogP contribution in [0.3, 0.4) is 0 Å². The van der Waals surface area contributed by atoms with E-state index in [2.05, 4.69) is 4.98 Å². The summed E-state index contributed by atoms with van der Waals surface area (Å²) in [6, 6.07) is 5.27. The molecular weight excluding hydrogens is 218 g/mol. The zero-order valence-corrected chi connectivity index (χ0v) is 9.53. The quantitative estimate of drug-likeness (QED) is 0.474. The van der Waals surface area contributed by atoms with Gasteiger partial charge in [0.25, 0.3) is 5.91 Å². The van der Waals surface area contributed by atoms with E-state index < -0.39 is 5.91 Å². The smallest absolute Gasteiger partial charge is 0.274 e. The van der Waals surface area contributed by atoms with Gasteiger partial charge in [-0.15, -0.1) is 0 Å². The number of aromatic nitrogens is 1. The fraction of sp³-hybridized carbons (Fsp3) is 0.250. The highest BCUT2D eigenvalue weighted by molar-refractivity contribution is 5.98. The summed E-state index contributed by atoms with van der Waals surface area (Å²) >= 11 is 0. The van der Waals surface area contributed by atoms with Crippen LogP contribution < -0.4 is 11.2 Å². The molecule has 5 nitrogen and oxygen atoms in total. The van der Waals surface area contributed by atoms with E-state index in [9.17, 15) is 4.79 Å². The average molecular weight is 233 g/mol. The number of amides is 1. The number of hydrogen-bond acceptors (Lipinski definition) is 3. The summed E-state index contributed by atoms with van der Waals surface area (Å²) < 4.78 is 0. The molecule has 0 bridgehead atoms. The normalized spacial score (nSPS) is 12.6. The first-order valence-corrected chi connectivity index (χ1v) is 5.42. The Hall–Kier alpha value is -1.85. The lowest BCUT2D eigenvalue weighted by molar-refractivity contribution is 0.0706. The van der Waals surface area contributed by atoms with Gasteiger partial charge in [0.1, 0.15) is 0 Å². The molecule has 0 saturated heterocycles. The molecule has 0 spiro atoms. The van der Waals surface area contributed by atoms with E-state index >= 15 is 0 Å². The number of aromatic amines is 1. The van der Waals surface area contributed by atoms with Crippen LogP contribution in [0.25, 0.3) is 10.9 Å². The topological polar surface area (TPSA) is 91.1 Å². The van der Waals surface area contributed by atoms with Crippen molar-refractivity contribution in [2.75, 3.05) is 0 Å². The molecule has 1 aromatic carbocycles. The second-order valence-corrected chi connectivity index (χ2v) is 4.20.